The van der Waals surface area contributed by atoms with Gasteiger partial charge in [0, 0.05) is 51.8 Å². The van der Waals surface area contributed by atoms with Crippen molar-refractivity contribution in [2.24, 2.45) is 7.05 Å². The van der Waals surface area contributed by atoms with Crippen LogP contribution in [0.15, 0.2) is 59.8 Å². The highest BCUT2D eigenvalue weighted by Crippen LogP contribution is 2.22. The van der Waals surface area contributed by atoms with Crippen LogP contribution in [0.1, 0.15) is 12.2 Å². The predicted octanol–water partition coefficient (Wildman–Crippen LogP) is 3.48. The summed E-state index contributed by atoms with van der Waals surface area (Å²) in [5.41, 5.74) is 1.78. The maximum Gasteiger partial charge on any atom is 0.233 e. The monoisotopic (exact) mass is 498 g/mol. The van der Waals surface area contributed by atoms with Crippen LogP contribution in [0.4, 0.5) is 11.4 Å². The average molecular weight is 499 g/mol. The van der Waals surface area contributed by atoms with Crippen LogP contribution in [-0.2, 0) is 23.1 Å². The molecule has 34 heavy (non-hydrogen) atoms. The van der Waals surface area contributed by atoms with Gasteiger partial charge in [-0.05, 0) is 24.3 Å². The molecule has 1 N–H and O–H groups in total. The Balaban J connectivity index is 1.22. The quantitative estimate of drug-likeness (QED) is 0.479. The van der Waals surface area contributed by atoms with E-state index >= 15 is 0 Å². The summed E-state index contributed by atoms with van der Waals surface area (Å²) in [6.45, 7) is 3.06. The number of para-hydroxylation sites is 2. The molecular weight excluding hydrogens is 472 g/mol. The molecule has 178 valence electrons. The molecule has 1 aliphatic rings. The van der Waals surface area contributed by atoms with Crippen molar-refractivity contribution in [1.29, 1.82) is 0 Å². The number of nitrogens with one attached hydrogen (secondary N) is 1. The second-order valence-electron chi connectivity index (χ2n) is 7.98. The highest BCUT2D eigenvalue weighted by atomic mass is 35.5. The lowest BCUT2D eigenvalue weighted by Gasteiger charge is -2.36. The van der Waals surface area contributed by atoms with E-state index < -0.39 is 0 Å². The molecule has 2 amide bonds. The molecule has 0 saturated carbocycles. The van der Waals surface area contributed by atoms with Gasteiger partial charge in [0.15, 0.2) is 5.16 Å². The van der Waals surface area contributed by atoms with E-state index in [0.29, 0.717) is 47.0 Å². The normalized spacial score (nSPS) is 13.7. The number of carbonyl (C=O) groups excluding carboxylic acids is 2. The Kier molecular flexibility index (Phi) is 8.08. The van der Waals surface area contributed by atoms with E-state index in [0.717, 1.165) is 13.1 Å². The van der Waals surface area contributed by atoms with Gasteiger partial charge in [0.2, 0.25) is 11.8 Å². The molecule has 3 aromatic rings. The first-order chi connectivity index (χ1) is 16.5. The van der Waals surface area contributed by atoms with Gasteiger partial charge in [-0.2, -0.15) is 0 Å². The zero-order chi connectivity index (χ0) is 23.9. The van der Waals surface area contributed by atoms with E-state index in [1.54, 1.807) is 12.1 Å². The third-order valence-corrected chi connectivity index (χ3v) is 7.06. The van der Waals surface area contributed by atoms with Crippen LogP contribution in [0, 0.1) is 0 Å². The molecule has 0 spiro atoms. The molecule has 0 unspecified atom stereocenters. The predicted molar refractivity (Wildman–Crippen MR) is 135 cm³/mol. The van der Waals surface area contributed by atoms with Crippen LogP contribution in [0.5, 0.6) is 0 Å². The van der Waals surface area contributed by atoms with Gasteiger partial charge in [-0.15, -0.1) is 10.2 Å². The van der Waals surface area contributed by atoms with Crippen molar-refractivity contribution in [2.45, 2.75) is 18.0 Å². The maximum absolute atomic E-state index is 12.7. The molecule has 0 aliphatic carbocycles. The molecule has 2 heterocycles. The molecule has 1 aromatic heterocycles. The Bertz CT molecular complexity index is 1130. The number of nitrogens with zero attached hydrogens (tertiary/aromatic N) is 5. The number of aromatic nitrogens is 3. The largest absolute Gasteiger partial charge is 0.368 e. The van der Waals surface area contributed by atoms with E-state index in [9.17, 15) is 9.59 Å². The van der Waals surface area contributed by atoms with Crippen LogP contribution in [-0.4, -0.2) is 63.4 Å². The number of rotatable bonds is 8. The fraction of sp³-hybridized carbons (Fsp3) is 0.333. The molecule has 4 rings (SSSR count). The van der Waals surface area contributed by atoms with Crippen LogP contribution in [0.25, 0.3) is 0 Å². The summed E-state index contributed by atoms with van der Waals surface area (Å²) in [6.07, 6.45) is 0.697. The van der Waals surface area contributed by atoms with Crippen molar-refractivity contribution in [3.05, 3.63) is 65.4 Å². The van der Waals surface area contributed by atoms with Crippen molar-refractivity contribution in [3.63, 3.8) is 0 Å². The van der Waals surface area contributed by atoms with Crippen molar-refractivity contribution in [1.82, 2.24) is 19.7 Å². The third kappa shape index (κ3) is 6.09. The number of anilines is 2. The fourth-order valence-corrected chi connectivity index (χ4v) is 4.78. The van der Waals surface area contributed by atoms with Gasteiger partial charge >= 0.3 is 0 Å². The van der Waals surface area contributed by atoms with Crippen molar-refractivity contribution < 1.29 is 9.59 Å². The molecule has 0 radical (unpaired) electrons. The smallest absolute Gasteiger partial charge is 0.233 e. The highest BCUT2D eigenvalue weighted by molar-refractivity contribution is 7.99. The molecule has 1 saturated heterocycles. The van der Waals surface area contributed by atoms with E-state index in [1.165, 1.54) is 17.4 Å². The zero-order valence-corrected chi connectivity index (χ0v) is 20.6. The first kappa shape index (κ1) is 24.1. The summed E-state index contributed by atoms with van der Waals surface area (Å²) in [5.74, 6) is 0.960. The van der Waals surface area contributed by atoms with Crippen molar-refractivity contribution in [3.8, 4) is 0 Å². The number of carbonyl (C=O) groups is 2. The molecule has 0 atom stereocenters. The lowest BCUT2D eigenvalue weighted by atomic mass is 10.2. The van der Waals surface area contributed by atoms with Crippen molar-refractivity contribution >= 4 is 46.6 Å². The summed E-state index contributed by atoms with van der Waals surface area (Å²) in [6, 6.07) is 17.4. The highest BCUT2D eigenvalue weighted by Gasteiger charge is 2.22. The number of piperazine rings is 1. The number of amides is 2. The number of aryl methyl sites for hydroxylation is 1. The summed E-state index contributed by atoms with van der Waals surface area (Å²) in [4.78, 5) is 29.2. The minimum Gasteiger partial charge on any atom is -0.368 e. The van der Waals surface area contributed by atoms with Gasteiger partial charge in [0.1, 0.15) is 5.82 Å². The summed E-state index contributed by atoms with van der Waals surface area (Å²) < 4.78 is 1.84. The number of thioether (sulfide) groups is 1. The van der Waals surface area contributed by atoms with Gasteiger partial charge in [-0.25, -0.2) is 0 Å². The molecule has 1 fully saturated rings. The number of hydrogen-bond donors (Lipinski definition) is 1. The van der Waals surface area contributed by atoms with Gasteiger partial charge in [0.05, 0.1) is 16.5 Å². The number of halogens is 1. The number of benzene rings is 2. The molecule has 2 aromatic carbocycles. The minimum atomic E-state index is -0.143. The fourth-order valence-electron chi connectivity index (χ4n) is 3.76. The molecular formula is C24H27ClN6O2S. The second-order valence-corrected chi connectivity index (χ2v) is 9.33. The van der Waals surface area contributed by atoms with Gasteiger partial charge in [0.25, 0.3) is 0 Å². The molecule has 0 bridgehead atoms. The SMILES string of the molecule is Cn1c(CCC(=O)Nc2ccccc2Cl)nnc1SCC(=O)N1CCN(c2ccccc2)CC1. The minimum absolute atomic E-state index is 0.0985. The lowest BCUT2D eigenvalue weighted by Crippen LogP contribution is -2.49. The Morgan fingerprint density at radius 1 is 1.00 bits per heavy atom. The first-order valence-electron chi connectivity index (χ1n) is 11.1. The third-order valence-electron chi connectivity index (χ3n) is 5.73. The van der Waals surface area contributed by atoms with Gasteiger partial charge < -0.3 is 19.7 Å². The van der Waals surface area contributed by atoms with E-state index in [1.807, 2.05) is 46.8 Å². The Hall–Kier alpha value is -3.04. The van der Waals surface area contributed by atoms with Crippen LogP contribution >= 0.6 is 23.4 Å². The lowest BCUT2D eigenvalue weighted by molar-refractivity contribution is -0.128. The van der Waals surface area contributed by atoms with E-state index in [2.05, 4.69) is 32.5 Å². The Labute approximate surface area is 208 Å². The Morgan fingerprint density at radius 2 is 1.71 bits per heavy atom. The van der Waals surface area contributed by atoms with Crippen LogP contribution < -0.4 is 10.2 Å². The standard InChI is InChI=1S/C24H27ClN6O2S/c1-29-21(11-12-22(32)26-20-10-6-5-9-19(20)25)27-28-24(29)34-17-23(33)31-15-13-30(14-16-31)18-7-3-2-4-8-18/h2-10H,11-17H2,1H3,(H,26,32). The molecule has 8 nitrogen and oxygen atoms in total. The van der Waals surface area contributed by atoms with E-state index in [4.69, 9.17) is 11.6 Å². The second kappa shape index (κ2) is 11.4. The van der Waals surface area contributed by atoms with Gasteiger partial charge in [-0.3, -0.25) is 9.59 Å². The molecule has 10 heteroatoms. The first-order valence-corrected chi connectivity index (χ1v) is 12.5. The Morgan fingerprint density at radius 3 is 2.44 bits per heavy atom. The maximum atomic E-state index is 12.7. The summed E-state index contributed by atoms with van der Waals surface area (Å²) in [5, 5.41) is 12.4. The molecule has 1 aliphatic heterocycles. The average Bonchev–Trinajstić information content (AvgIpc) is 3.22. The van der Waals surface area contributed by atoms with Gasteiger partial charge in [-0.1, -0.05) is 53.7 Å². The van der Waals surface area contributed by atoms with Crippen LogP contribution in [0.3, 0.4) is 0 Å². The topological polar surface area (TPSA) is 83.4 Å². The summed E-state index contributed by atoms with van der Waals surface area (Å²) >= 11 is 7.46. The van der Waals surface area contributed by atoms with Crippen LogP contribution in [0.2, 0.25) is 5.02 Å². The van der Waals surface area contributed by atoms with Crippen molar-refractivity contribution in [2.75, 3.05) is 42.1 Å². The zero-order valence-electron chi connectivity index (χ0n) is 19.0. The van der Waals surface area contributed by atoms with E-state index in [-0.39, 0.29) is 18.2 Å². The summed E-state index contributed by atoms with van der Waals surface area (Å²) in [7, 11) is 1.85. The number of hydrogen-bond acceptors (Lipinski definition) is 6.